The Hall–Kier alpha value is -6.13. The summed E-state index contributed by atoms with van der Waals surface area (Å²) < 4.78 is 6.52. The minimum absolute atomic E-state index is 0.116. The van der Waals surface area contributed by atoms with Crippen LogP contribution in [0.3, 0.4) is 0 Å². The van der Waals surface area contributed by atoms with Crippen LogP contribution >= 0.6 is 0 Å². The Kier molecular flexibility index (Phi) is 5.59. The third-order valence-corrected chi connectivity index (χ3v) is 10.1. The molecule has 1 aliphatic carbocycles. The SMILES string of the molecule is CC1(C)c2ccccc2-c2ccc(-c3nc4ccccc4nc3-c3ccc4ccc5ccc6nc(-c7ccccc7)oc6c5c4c3)cc21. The number of hydrogen-bond acceptors (Lipinski definition) is 4. The van der Waals surface area contributed by atoms with Crippen LogP contribution in [0.15, 0.2) is 144 Å². The molecule has 0 amide bonds. The largest absolute Gasteiger partial charge is 0.435 e. The lowest BCUT2D eigenvalue weighted by atomic mass is 9.81. The van der Waals surface area contributed by atoms with E-state index in [1.807, 2.05) is 60.7 Å². The van der Waals surface area contributed by atoms with E-state index in [2.05, 4.69) is 92.7 Å². The Morgan fingerprint density at radius 3 is 1.92 bits per heavy atom. The molecule has 2 heterocycles. The first kappa shape index (κ1) is 27.0. The highest BCUT2D eigenvalue weighted by Crippen LogP contribution is 2.50. The van der Waals surface area contributed by atoms with Gasteiger partial charge in [-0.15, -0.1) is 0 Å². The van der Waals surface area contributed by atoms with Crippen molar-refractivity contribution >= 4 is 43.7 Å². The fourth-order valence-corrected chi connectivity index (χ4v) is 7.63. The topological polar surface area (TPSA) is 51.8 Å². The van der Waals surface area contributed by atoms with Crippen LogP contribution in [-0.4, -0.2) is 15.0 Å². The maximum Gasteiger partial charge on any atom is 0.227 e. The van der Waals surface area contributed by atoms with Crippen molar-refractivity contribution in [1.29, 1.82) is 0 Å². The first-order valence-corrected chi connectivity index (χ1v) is 16.4. The molecule has 0 saturated heterocycles. The Morgan fingerprint density at radius 1 is 0.479 bits per heavy atom. The molecule has 0 fully saturated rings. The standard InChI is InChI=1S/C44H29N3O/c1-44(2)34-13-7-6-12-31(34)32-22-20-30(25-35(32)44)41-40(45-36-14-8-9-15-37(36)46-41)29-19-17-26-16-18-27-21-23-38-42(39(27)33(26)24-29)48-43(47-38)28-10-4-3-5-11-28/h3-25H,1-2H3. The quantitative estimate of drug-likeness (QED) is 0.186. The molecule has 7 aromatic carbocycles. The van der Waals surface area contributed by atoms with Crippen LogP contribution in [0, 0.1) is 0 Å². The second kappa shape index (κ2) is 9.93. The molecule has 2 aromatic heterocycles. The van der Waals surface area contributed by atoms with Gasteiger partial charge in [0.1, 0.15) is 5.52 Å². The number of hydrogen-bond donors (Lipinski definition) is 0. The predicted octanol–water partition coefficient (Wildman–Crippen LogP) is 11.4. The van der Waals surface area contributed by atoms with E-state index in [9.17, 15) is 0 Å². The normalized spacial score (nSPS) is 13.4. The van der Waals surface area contributed by atoms with Crippen molar-refractivity contribution in [1.82, 2.24) is 15.0 Å². The molecule has 0 atom stereocenters. The molecule has 0 aliphatic heterocycles. The van der Waals surface area contributed by atoms with Crippen LogP contribution < -0.4 is 0 Å². The first-order chi connectivity index (χ1) is 23.5. The van der Waals surface area contributed by atoms with E-state index in [0.29, 0.717) is 5.89 Å². The monoisotopic (exact) mass is 615 g/mol. The van der Waals surface area contributed by atoms with Gasteiger partial charge in [0, 0.05) is 27.5 Å². The Labute approximate surface area is 277 Å². The number of fused-ring (bicyclic) bond motifs is 9. The van der Waals surface area contributed by atoms with Crippen LogP contribution in [-0.2, 0) is 5.41 Å². The minimum atomic E-state index is -0.116. The lowest BCUT2D eigenvalue weighted by molar-refractivity contribution is 0.623. The summed E-state index contributed by atoms with van der Waals surface area (Å²) in [5, 5.41) is 4.38. The number of para-hydroxylation sites is 2. The average Bonchev–Trinajstić information content (AvgIpc) is 3.68. The van der Waals surface area contributed by atoms with Crippen LogP contribution in [0.1, 0.15) is 25.0 Å². The zero-order chi connectivity index (χ0) is 32.0. The van der Waals surface area contributed by atoms with Crippen molar-refractivity contribution in [3.05, 3.63) is 151 Å². The van der Waals surface area contributed by atoms with Crippen molar-refractivity contribution in [2.45, 2.75) is 19.3 Å². The number of rotatable bonds is 3. The maximum absolute atomic E-state index is 6.52. The second-order valence-corrected chi connectivity index (χ2v) is 13.2. The fourth-order valence-electron chi connectivity index (χ4n) is 7.63. The van der Waals surface area contributed by atoms with Gasteiger partial charge in [-0.3, -0.25) is 0 Å². The first-order valence-electron chi connectivity index (χ1n) is 16.4. The summed E-state index contributed by atoms with van der Waals surface area (Å²) in [6.07, 6.45) is 0. The van der Waals surface area contributed by atoms with E-state index >= 15 is 0 Å². The molecule has 0 radical (unpaired) electrons. The lowest BCUT2D eigenvalue weighted by Gasteiger charge is -2.22. The van der Waals surface area contributed by atoms with E-state index in [4.69, 9.17) is 19.4 Å². The highest BCUT2D eigenvalue weighted by molar-refractivity contribution is 6.18. The van der Waals surface area contributed by atoms with Crippen molar-refractivity contribution < 1.29 is 4.42 Å². The zero-order valence-electron chi connectivity index (χ0n) is 26.5. The van der Waals surface area contributed by atoms with Crippen LogP contribution in [0.5, 0.6) is 0 Å². The molecule has 0 saturated carbocycles. The minimum Gasteiger partial charge on any atom is -0.435 e. The highest BCUT2D eigenvalue weighted by atomic mass is 16.3. The Bertz CT molecular complexity index is 2760. The Balaban J connectivity index is 1.21. The fraction of sp³-hybridized carbons (Fsp3) is 0.0682. The molecular formula is C44H29N3O. The lowest BCUT2D eigenvalue weighted by Crippen LogP contribution is -2.15. The van der Waals surface area contributed by atoms with Gasteiger partial charge in [0.15, 0.2) is 5.58 Å². The summed E-state index contributed by atoms with van der Waals surface area (Å²) in [6, 6.07) is 48.9. The highest BCUT2D eigenvalue weighted by Gasteiger charge is 2.35. The summed E-state index contributed by atoms with van der Waals surface area (Å²) in [4.78, 5) is 15.4. The summed E-state index contributed by atoms with van der Waals surface area (Å²) in [7, 11) is 0. The van der Waals surface area contributed by atoms with Gasteiger partial charge < -0.3 is 4.42 Å². The predicted molar refractivity (Wildman–Crippen MR) is 196 cm³/mol. The zero-order valence-corrected chi connectivity index (χ0v) is 26.5. The molecule has 0 spiro atoms. The summed E-state index contributed by atoms with van der Waals surface area (Å²) >= 11 is 0. The van der Waals surface area contributed by atoms with E-state index in [-0.39, 0.29) is 5.41 Å². The van der Waals surface area contributed by atoms with Gasteiger partial charge in [-0.2, -0.15) is 0 Å². The molecular weight excluding hydrogens is 587 g/mol. The van der Waals surface area contributed by atoms with Crippen LogP contribution in [0.25, 0.3) is 88.8 Å². The third-order valence-electron chi connectivity index (χ3n) is 10.1. The van der Waals surface area contributed by atoms with Gasteiger partial charge in [0.2, 0.25) is 5.89 Å². The van der Waals surface area contributed by atoms with E-state index in [0.717, 1.165) is 71.8 Å². The summed E-state index contributed by atoms with van der Waals surface area (Å²) in [6.45, 7) is 4.63. The molecule has 0 N–H and O–H groups in total. The van der Waals surface area contributed by atoms with E-state index in [1.54, 1.807) is 0 Å². The molecule has 226 valence electrons. The molecule has 0 bridgehead atoms. The third kappa shape index (κ3) is 3.93. The molecule has 1 aliphatic rings. The summed E-state index contributed by atoms with van der Waals surface area (Å²) in [5.41, 5.74) is 13.3. The van der Waals surface area contributed by atoms with Gasteiger partial charge in [-0.1, -0.05) is 111 Å². The number of aromatic nitrogens is 3. The van der Waals surface area contributed by atoms with E-state index in [1.165, 1.54) is 22.3 Å². The smallest absolute Gasteiger partial charge is 0.227 e. The number of oxazole rings is 1. The van der Waals surface area contributed by atoms with E-state index < -0.39 is 0 Å². The molecule has 4 nitrogen and oxygen atoms in total. The average molecular weight is 616 g/mol. The number of nitrogens with zero attached hydrogens (tertiary/aromatic N) is 3. The maximum atomic E-state index is 6.52. The van der Waals surface area contributed by atoms with Gasteiger partial charge in [-0.05, 0) is 80.9 Å². The van der Waals surface area contributed by atoms with Gasteiger partial charge in [0.25, 0.3) is 0 Å². The van der Waals surface area contributed by atoms with Gasteiger partial charge >= 0.3 is 0 Å². The van der Waals surface area contributed by atoms with Crippen molar-refractivity contribution in [3.8, 4) is 45.1 Å². The van der Waals surface area contributed by atoms with Crippen molar-refractivity contribution in [2.24, 2.45) is 0 Å². The van der Waals surface area contributed by atoms with Crippen molar-refractivity contribution in [3.63, 3.8) is 0 Å². The van der Waals surface area contributed by atoms with Crippen LogP contribution in [0.2, 0.25) is 0 Å². The summed E-state index contributed by atoms with van der Waals surface area (Å²) in [5.74, 6) is 0.621. The van der Waals surface area contributed by atoms with Crippen molar-refractivity contribution in [2.75, 3.05) is 0 Å². The second-order valence-electron chi connectivity index (χ2n) is 13.2. The van der Waals surface area contributed by atoms with Gasteiger partial charge in [0.05, 0.1) is 22.4 Å². The molecule has 0 unspecified atom stereocenters. The molecule has 9 aromatic rings. The van der Waals surface area contributed by atoms with Crippen LogP contribution in [0.4, 0.5) is 0 Å². The molecule has 4 heteroatoms. The number of benzene rings is 7. The van der Waals surface area contributed by atoms with Gasteiger partial charge in [-0.25, -0.2) is 15.0 Å². The molecule has 48 heavy (non-hydrogen) atoms. The molecule has 10 rings (SSSR count). The Morgan fingerprint density at radius 2 is 1.10 bits per heavy atom.